The van der Waals surface area contributed by atoms with Crippen molar-refractivity contribution in [2.24, 2.45) is 0 Å². The van der Waals surface area contributed by atoms with E-state index >= 15 is 0 Å². The topological polar surface area (TPSA) is 78.7 Å². The lowest BCUT2D eigenvalue weighted by atomic mass is 9.95. The molecule has 2 aromatic rings. The summed E-state index contributed by atoms with van der Waals surface area (Å²) in [6.07, 6.45) is -0.857. The van der Waals surface area contributed by atoms with Gasteiger partial charge in [-0.25, -0.2) is 4.98 Å². The molecular formula is C25H26ClF3N4O3. The maximum absolute atomic E-state index is 13.2. The SMILES string of the molecule is N#Cc1ccc(OC2CCC(OCC(=O)N3CCN(c4ccc(Cl)cn4)CC3)CC2)cc1C(F)(F)F. The van der Waals surface area contributed by atoms with Gasteiger partial charge in [0.1, 0.15) is 18.2 Å². The summed E-state index contributed by atoms with van der Waals surface area (Å²) < 4.78 is 51.1. The van der Waals surface area contributed by atoms with E-state index < -0.39 is 17.3 Å². The highest BCUT2D eigenvalue weighted by Crippen LogP contribution is 2.35. The van der Waals surface area contributed by atoms with E-state index in [4.69, 9.17) is 26.3 Å². The van der Waals surface area contributed by atoms with Gasteiger partial charge in [0.15, 0.2) is 0 Å². The second-order valence-corrected chi connectivity index (χ2v) is 9.28. The minimum absolute atomic E-state index is 0.0000497. The van der Waals surface area contributed by atoms with Crippen molar-refractivity contribution in [1.29, 1.82) is 5.26 Å². The Bertz CT molecular complexity index is 1090. The number of anilines is 1. The molecule has 1 aliphatic heterocycles. The van der Waals surface area contributed by atoms with Crippen molar-refractivity contribution in [1.82, 2.24) is 9.88 Å². The molecule has 7 nitrogen and oxygen atoms in total. The maximum atomic E-state index is 13.2. The lowest BCUT2D eigenvalue weighted by Crippen LogP contribution is -2.50. The van der Waals surface area contributed by atoms with E-state index in [2.05, 4.69) is 9.88 Å². The third-order valence-electron chi connectivity index (χ3n) is 6.45. The third kappa shape index (κ3) is 6.59. The van der Waals surface area contributed by atoms with Crippen LogP contribution in [-0.4, -0.2) is 60.8 Å². The number of nitriles is 1. The van der Waals surface area contributed by atoms with E-state index in [-0.39, 0.29) is 30.5 Å². The number of alkyl halides is 3. The molecule has 1 aromatic heterocycles. The molecule has 2 fully saturated rings. The molecule has 1 aliphatic carbocycles. The molecule has 0 spiro atoms. The summed E-state index contributed by atoms with van der Waals surface area (Å²) in [5.41, 5.74) is -1.43. The Labute approximate surface area is 212 Å². The first-order valence-corrected chi connectivity index (χ1v) is 12.1. The predicted molar refractivity (Wildman–Crippen MR) is 127 cm³/mol. The fourth-order valence-corrected chi connectivity index (χ4v) is 4.57. The second-order valence-electron chi connectivity index (χ2n) is 8.85. The van der Waals surface area contributed by atoms with Crippen molar-refractivity contribution >= 4 is 23.3 Å². The van der Waals surface area contributed by atoms with Gasteiger partial charge in [-0.05, 0) is 56.0 Å². The Morgan fingerprint density at radius 3 is 2.39 bits per heavy atom. The molecule has 0 atom stereocenters. The normalized spacial score (nSPS) is 20.6. The van der Waals surface area contributed by atoms with Crippen LogP contribution in [0.3, 0.4) is 0 Å². The van der Waals surface area contributed by atoms with E-state index in [1.54, 1.807) is 23.2 Å². The Balaban J connectivity index is 1.19. The molecule has 11 heteroatoms. The number of ether oxygens (including phenoxy) is 2. The number of amides is 1. The molecule has 192 valence electrons. The summed E-state index contributed by atoms with van der Waals surface area (Å²) in [4.78, 5) is 20.8. The van der Waals surface area contributed by atoms with Crippen molar-refractivity contribution in [3.8, 4) is 11.8 Å². The Hall–Kier alpha value is -3.03. The van der Waals surface area contributed by atoms with Crippen LogP contribution in [0.4, 0.5) is 19.0 Å². The van der Waals surface area contributed by atoms with Crippen molar-refractivity contribution < 1.29 is 27.4 Å². The smallest absolute Gasteiger partial charge is 0.417 e. The zero-order valence-corrected chi connectivity index (χ0v) is 20.3. The highest BCUT2D eigenvalue weighted by atomic mass is 35.5. The van der Waals surface area contributed by atoms with Crippen LogP contribution in [0.25, 0.3) is 0 Å². The zero-order chi connectivity index (χ0) is 25.7. The van der Waals surface area contributed by atoms with Crippen LogP contribution in [0.5, 0.6) is 5.75 Å². The number of rotatable bonds is 6. The first kappa shape index (κ1) is 26.0. The van der Waals surface area contributed by atoms with Crippen LogP contribution in [0.1, 0.15) is 36.8 Å². The molecule has 36 heavy (non-hydrogen) atoms. The van der Waals surface area contributed by atoms with Crippen molar-refractivity contribution in [2.75, 3.05) is 37.7 Å². The van der Waals surface area contributed by atoms with E-state index in [0.717, 1.165) is 18.0 Å². The van der Waals surface area contributed by atoms with Gasteiger partial charge in [0.25, 0.3) is 0 Å². The molecule has 1 saturated carbocycles. The number of piperazine rings is 1. The molecule has 0 bridgehead atoms. The summed E-state index contributed by atoms with van der Waals surface area (Å²) in [7, 11) is 0. The minimum atomic E-state index is -4.62. The van der Waals surface area contributed by atoms with Gasteiger partial charge >= 0.3 is 6.18 Å². The predicted octanol–water partition coefficient (Wildman–Crippen LogP) is 4.68. The quantitative estimate of drug-likeness (QED) is 0.548. The number of pyridine rings is 1. The lowest BCUT2D eigenvalue weighted by molar-refractivity contribution is -0.140. The van der Waals surface area contributed by atoms with Gasteiger partial charge in [0.2, 0.25) is 5.91 Å². The van der Waals surface area contributed by atoms with Gasteiger partial charge in [-0.1, -0.05) is 11.6 Å². The molecule has 1 amide bonds. The molecule has 1 saturated heterocycles. The lowest BCUT2D eigenvalue weighted by Gasteiger charge is -2.36. The first-order chi connectivity index (χ1) is 17.2. The Morgan fingerprint density at radius 2 is 1.78 bits per heavy atom. The number of carbonyl (C=O) groups excluding carboxylic acids is 1. The number of halogens is 4. The number of nitrogens with zero attached hydrogens (tertiary/aromatic N) is 4. The van der Waals surface area contributed by atoms with Crippen LogP contribution in [0.2, 0.25) is 5.02 Å². The number of carbonyl (C=O) groups is 1. The Morgan fingerprint density at radius 1 is 1.08 bits per heavy atom. The summed E-state index contributed by atoms with van der Waals surface area (Å²) >= 11 is 5.89. The summed E-state index contributed by atoms with van der Waals surface area (Å²) in [6.45, 7) is 2.51. The number of benzene rings is 1. The van der Waals surface area contributed by atoms with Gasteiger partial charge in [-0.2, -0.15) is 18.4 Å². The molecule has 1 aromatic carbocycles. The van der Waals surface area contributed by atoms with Crippen molar-refractivity contribution in [3.63, 3.8) is 0 Å². The third-order valence-corrected chi connectivity index (χ3v) is 6.68. The van der Waals surface area contributed by atoms with Gasteiger partial charge < -0.3 is 19.3 Å². The van der Waals surface area contributed by atoms with Gasteiger partial charge in [-0.15, -0.1) is 0 Å². The van der Waals surface area contributed by atoms with Crippen molar-refractivity contribution in [3.05, 3.63) is 52.7 Å². The van der Waals surface area contributed by atoms with Gasteiger partial charge in [0.05, 0.1) is 34.4 Å². The molecule has 2 aliphatic rings. The zero-order valence-electron chi connectivity index (χ0n) is 19.5. The summed E-state index contributed by atoms with van der Waals surface area (Å²) in [6, 6.07) is 8.61. The summed E-state index contributed by atoms with van der Waals surface area (Å²) in [5, 5.41) is 9.50. The average molecular weight is 523 g/mol. The molecule has 4 rings (SSSR count). The number of hydrogen-bond acceptors (Lipinski definition) is 6. The van der Waals surface area contributed by atoms with Crippen LogP contribution < -0.4 is 9.64 Å². The monoisotopic (exact) mass is 522 g/mol. The minimum Gasteiger partial charge on any atom is -0.490 e. The fraction of sp³-hybridized carbons (Fsp3) is 0.480. The first-order valence-electron chi connectivity index (χ1n) is 11.8. The standard InChI is InChI=1S/C25H26ClF3N4O3/c26-18-2-8-23(31-15-18)32-9-11-33(12-10-32)24(34)16-35-19-4-6-20(7-5-19)36-21-3-1-17(14-30)22(13-21)25(27,28)29/h1-3,8,13,15,19-20H,4-7,9-12,16H2. The van der Waals surface area contributed by atoms with E-state index in [1.165, 1.54) is 6.07 Å². The fourth-order valence-electron chi connectivity index (χ4n) is 4.46. The number of hydrogen-bond donors (Lipinski definition) is 0. The van der Waals surface area contributed by atoms with Crippen LogP contribution in [-0.2, 0) is 15.7 Å². The van der Waals surface area contributed by atoms with Crippen molar-refractivity contribution in [2.45, 2.75) is 44.1 Å². The van der Waals surface area contributed by atoms with E-state index in [1.807, 2.05) is 6.07 Å². The largest absolute Gasteiger partial charge is 0.490 e. The van der Waals surface area contributed by atoms with E-state index in [9.17, 15) is 18.0 Å². The molecular weight excluding hydrogens is 497 g/mol. The summed E-state index contributed by atoms with van der Waals surface area (Å²) in [5.74, 6) is 0.862. The van der Waals surface area contributed by atoms with Crippen LogP contribution >= 0.6 is 11.6 Å². The molecule has 0 N–H and O–H groups in total. The van der Waals surface area contributed by atoms with Gasteiger partial charge in [-0.3, -0.25) is 4.79 Å². The highest BCUT2D eigenvalue weighted by Gasteiger charge is 2.34. The molecule has 0 unspecified atom stereocenters. The van der Waals surface area contributed by atoms with Crippen LogP contribution in [0, 0.1) is 11.3 Å². The second kappa shape index (κ2) is 11.4. The molecule has 2 heterocycles. The van der Waals surface area contributed by atoms with E-state index in [0.29, 0.717) is 56.9 Å². The molecule has 0 radical (unpaired) electrons. The highest BCUT2D eigenvalue weighted by molar-refractivity contribution is 6.30. The van der Waals surface area contributed by atoms with Gasteiger partial charge in [0, 0.05) is 32.4 Å². The Kier molecular flexibility index (Phi) is 8.21. The average Bonchev–Trinajstić information content (AvgIpc) is 2.88. The van der Waals surface area contributed by atoms with Crippen LogP contribution in [0.15, 0.2) is 36.5 Å². The maximum Gasteiger partial charge on any atom is 0.417 e. The number of aromatic nitrogens is 1.